The van der Waals surface area contributed by atoms with Gasteiger partial charge in [-0.15, -0.1) is 0 Å². The molecule has 3 aromatic rings. The number of rotatable bonds is 4. The molecular weight excluding hydrogens is 262 g/mol. The van der Waals surface area contributed by atoms with Crippen LogP contribution in [0.1, 0.15) is 11.1 Å². The maximum atomic E-state index is 9.98. The van der Waals surface area contributed by atoms with Gasteiger partial charge in [-0.3, -0.25) is 0 Å². The van der Waals surface area contributed by atoms with Gasteiger partial charge >= 0.3 is 0 Å². The highest BCUT2D eigenvalue weighted by Gasteiger charge is 2.04. The Hall–Kier alpha value is -2.81. The molecule has 21 heavy (non-hydrogen) atoms. The van der Waals surface area contributed by atoms with Gasteiger partial charge in [0.1, 0.15) is 12.4 Å². The smallest absolute Gasteiger partial charge is 0.142 e. The van der Waals surface area contributed by atoms with Crippen LogP contribution in [0, 0.1) is 0 Å². The molecule has 0 aliphatic rings. The first-order valence-electron chi connectivity index (χ1n) is 6.74. The summed E-state index contributed by atoms with van der Waals surface area (Å²) in [6.45, 7) is 0.406. The normalized spacial score (nSPS) is 11.0. The number of nitrogens with zero attached hydrogens (tertiary/aromatic N) is 1. The summed E-state index contributed by atoms with van der Waals surface area (Å²) in [7, 11) is 0. The molecule has 0 aromatic heterocycles. The zero-order valence-corrected chi connectivity index (χ0v) is 11.4. The number of fused-ring (bicyclic) bond motifs is 1. The molecule has 0 spiro atoms. The van der Waals surface area contributed by atoms with Crippen LogP contribution in [0.4, 0.5) is 0 Å². The Morgan fingerprint density at radius 3 is 2.52 bits per heavy atom. The summed E-state index contributed by atoms with van der Waals surface area (Å²) in [6, 6.07) is 21.2. The van der Waals surface area contributed by atoms with Crippen LogP contribution in [-0.4, -0.2) is 11.3 Å². The topological polar surface area (TPSA) is 41.8 Å². The molecule has 1 N–H and O–H groups in total. The van der Waals surface area contributed by atoms with Gasteiger partial charge in [0.25, 0.3) is 0 Å². The minimum absolute atomic E-state index is 0.195. The summed E-state index contributed by atoms with van der Waals surface area (Å²) in [6.07, 6.45) is 1.56. The van der Waals surface area contributed by atoms with Crippen molar-refractivity contribution < 1.29 is 9.94 Å². The molecule has 0 aliphatic carbocycles. The van der Waals surface area contributed by atoms with Crippen LogP contribution in [0.25, 0.3) is 10.8 Å². The van der Waals surface area contributed by atoms with Gasteiger partial charge in [0.05, 0.1) is 6.21 Å². The molecular formula is C18H15NO2. The van der Waals surface area contributed by atoms with E-state index in [1.807, 2.05) is 60.7 Å². The maximum Gasteiger partial charge on any atom is 0.142 e. The van der Waals surface area contributed by atoms with Crippen LogP contribution in [0.2, 0.25) is 0 Å². The molecule has 0 amide bonds. The quantitative estimate of drug-likeness (QED) is 0.576. The van der Waals surface area contributed by atoms with E-state index in [0.717, 1.165) is 16.3 Å². The minimum Gasteiger partial charge on any atom is -0.507 e. The fourth-order valence-electron chi connectivity index (χ4n) is 2.20. The molecule has 0 fully saturated rings. The van der Waals surface area contributed by atoms with E-state index >= 15 is 0 Å². The summed E-state index contributed by atoms with van der Waals surface area (Å²) in [5.41, 5.74) is 1.72. The summed E-state index contributed by atoms with van der Waals surface area (Å²) in [4.78, 5) is 5.29. The molecule has 3 rings (SSSR count). The number of phenols is 1. The lowest BCUT2D eigenvalue weighted by molar-refractivity contribution is 0.132. The average Bonchev–Trinajstić information content (AvgIpc) is 2.54. The molecule has 0 heterocycles. The van der Waals surface area contributed by atoms with E-state index in [1.54, 1.807) is 12.3 Å². The summed E-state index contributed by atoms with van der Waals surface area (Å²) < 4.78 is 0. The second-order valence-electron chi connectivity index (χ2n) is 4.71. The standard InChI is InChI=1S/C18H15NO2/c20-18-11-10-15-8-4-5-9-16(15)17(18)12-19-21-13-14-6-2-1-3-7-14/h1-12,20H,13H2/b19-12+. The van der Waals surface area contributed by atoms with Crippen LogP contribution >= 0.6 is 0 Å². The molecule has 3 aromatic carbocycles. The first kappa shape index (κ1) is 13.2. The minimum atomic E-state index is 0.195. The fraction of sp³-hybridized carbons (Fsp3) is 0.0556. The number of oxime groups is 1. The van der Waals surface area contributed by atoms with Gasteiger partial charge in [-0.2, -0.15) is 0 Å². The molecule has 0 bridgehead atoms. The number of aromatic hydroxyl groups is 1. The lowest BCUT2D eigenvalue weighted by atomic mass is 10.0. The van der Waals surface area contributed by atoms with Crippen molar-refractivity contribution in [1.29, 1.82) is 0 Å². The van der Waals surface area contributed by atoms with Crippen molar-refractivity contribution >= 4 is 17.0 Å². The summed E-state index contributed by atoms with van der Waals surface area (Å²) in [5.74, 6) is 0.195. The van der Waals surface area contributed by atoms with Crippen molar-refractivity contribution in [2.45, 2.75) is 6.61 Å². The number of hydrogen-bond acceptors (Lipinski definition) is 3. The van der Waals surface area contributed by atoms with Gasteiger partial charge in [-0.1, -0.05) is 65.8 Å². The Morgan fingerprint density at radius 1 is 0.905 bits per heavy atom. The SMILES string of the molecule is Oc1ccc2ccccc2c1/C=N/OCc1ccccc1. The fourth-order valence-corrected chi connectivity index (χ4v) is 2.20. The average molecular weight is 277 g/mol. The predicted molar refractivity (Wildman–Crippen MR) is 84.4 cm³/mol. The molecule has 0 saturated heterocycles. The lowest BCUT2D eigenvalue weighted by Gasteiger charge is -2.04. The second kappa shape index (κ2) is 6.09. The zero-order valence-electron chi connectivity index (χ0n) is 11.4. The van der Waals surface area contributed by atoms with Crippen LogP contribution in [0.5, 0.6) is 5.75 Å². The number of phenolic OH excluding ortho intramolecular Hbond substituents is 1. The van der Waals surface area contributed by atoms with Crippen molar-refractivity contribution in [3.63, 3.8) is 0 Å². The van der Waals surface area contributed by atoms with Crippen LogP contribution in [0.15, 0.2) is 71.9 Å². The van der Waals surface area contributed by atoms with E-state index in [-0.39, 0.29) is 5.75 Å². The largest absolute Gasteiger partial charge is 0.507 e. The number of benzene rings is 3. The first-order chi connectivity index (χ1) is 10.3. The van der Waals surface area contributed by atoms with E-state index in [4.69, 9.17) is 4.84 Å². The van der Waals surface area contributed by atoms with E-state index in [9.17, 15) is 5.11 Å². The summed E-state index contributed by atoms with van der Waals surface area (Å²) in [5, 5.41) is 15.9. The van der Waals surface area contributed by atoms with Crippen LogP contribution in [0.3, 0.4) is 0 Å². The molecule has 0 atom stereocenters. The Morgan fingerprint density at radius 2 is 1.67 bits per heavy atom. The molecule has 104 valence electrons. The lowest BCUT2D eigenvalue weighted by Crippen LogP contribution is -1.89. The van der Waals surface area contributed by atoms with Gasteiger partial charge in [-0.25, -0.2) is 0 Å². The molecule has 0 unspecified atom stereocenters. The van der Waals surface area contributed by atoms with Crippen molar-refractivity contribution in [1.82, 2.24) is 0 Å². The third kappa shape index (κ3) is 3.03. The zero-order chi connectivity index (χ0) is 14.5. The van der Waals surface area contributed by atoms with Crippen LogP contribution in [-0.2, 0) is 11.4 Å². The van der Waals surface area contributed by atoms with Crippen molar-refractivity contribution in [3.8, 4) is 5.75 Å². The van der Waals surface area contributed by atoms with Gasteiger partial charge in [0.2, 0.25) is 0 Å². The Kier molecular flexibility index (Phi) is 3.83. The van der Waals surface area contributed by atoms with Gasteiger partial charge in [0, 0.05) is 5.56 Å². The molecule has 0 aliphatic heterocycles. The molecule has 0 saturated carbocycles. The van der Waals surface area contributed by atoms with Crippen molar-refractivity contribution in [2.24, 2.45) is 5.16 Å². The summed E-state index contributed by atoms with van der Waals surface area (Å²) >= 11 is 0. The highest BCUT2D eigenvalue weighted by Crippen LogP contribution is 2.25. The van der Waals surface area contributed by atoms with Crippen molar-refractivity contribution in [2.75, 3.05) is 0 Å². The highest BCUT2D eigenvalue weighted by molar-refractivity contribution is 6.02. The first-order valence-corrected chi connectivity index (χ1v) is 6.74. The number of hydrogen-bond donors (Lipinski definition) is 1. The van der Waals surface area contributed by atoms with E-state index in [0.29, 0.717) is 12.2 Å². The molecule has 0 radical (unpaired) electrons. The third-order valence-electron chi connectivity index (χ3n) is 3.28. The third-order valence-corrected chi connectivity index (χ3v) is 3.28. The Balaban J connectivity index is 1.78. The Bertz CT molecular complexity index is 767. The van der Waals surface area contributed by atoms with E-state index < -0.39 is 0 Å². The van der Waals surface area contributed by atoms with Gasteiger partial charge in [0.15, 0.2) is 0 Å². The van der Waals surface area contributed by atoms with Crippen molar-refractivity contribution in [3.05, 3.63) is 77.9 Å². The molecule has 3 heteroatoms. The predicted octanol–water partition coefficient (Wildman–Crippen LogP) is 4.10. The van der Waals surface area contributed by atoms with E-state index in [2.05, 4.69) is 5.16 Å². The maximum absolute atomic E-state index is 9.98. The molecule has 3 nitrogen and oxygen atoms in total. The highest BCUT2D eigenvalue weighted by atomic mass is 16.6. The van der Waals surface area contributed by atoms with E-state index in [1.165, 1.54) is 0 Å². The van der Waals surface area contributed by atoms with Gasteiger partial charge in [-0.05, 0) is 22.4 Å². The van der Waals surface area contributed by atoms with Gasteiger partial charge < -0.3 is 9.94 Å². The van der Waals surface area contributed by atoms with Crippen LogP contribution < -0.4 is 0 Å². The second-order valence-corrected chi connectivity index (χ2v) is 4.71. The monoisotopic (exact) mass is 277 g/mol. The Labute approximate surface area is 123 Å².